The van der Waals surface area contributed by atoms with E-state index in [2.05, 4.69) is 299 Å². The summed E-state index contributed by atoms with van der Waals surface area (Å²) in [6.45, 7) is 50.1. The summed E-state index contributed by atoms with van der Waals surface area (Å²) in [6.07, 6.45) is 0. The molecule has 3 aliphatic heterocycles. The zero-order valence-corrected chi connectivity index (χ0v) is 55.7. The number of benzene rings is 9. The average Bonchev–Trinajstić information content (AvgIpc) is 1.56. The summed E-state index contributed by atoms with van der Waals surface area (Å²) < 4.78 is 8.26. The van der Waals surface area contributed by atoms with Gasteiger partial charge in [0, 0.05) is 54.9 Å². The van der Waals surface area contributed by atoms with Crippen molar-refractivity contribution in [3.05, 3.63) is 201 Å². The molecule has 1 spiro atoms. The second-order valence-corrected chi connectivity index (χ2v) is 34.3. The third-order valence-corrected chi connectivity index (χ3v) is 21.5. The van der Waals surface area contributed by atoms with Crippen LogP contribution >= 0.6 is 0 Å². The Balaban J connectivity index is 1.17. The first-order valence-electron chi connectivity index (χ1n) is 32.4. The van der Waals surface area contributed by atoms with Crippen LogP contribution in [0.2, 0.25) is 0 Å². The molecule has 3 aromatic heterocycles. The third kappa shape index (κ3) is 7.14. The van der Waals surface area contributed by atoms with E-state index in [0.717, 1.165) is 0 Å². The quantitative estimate of drug-likeness (QED) is 0.146. The largest absolute Gasteiger partial charge is 0.310 e. The van der Waals surface area contributed by atoms with E-state index in [1.807, 2.05) is 0 Å². The summed E-state index contributed by atoms with van der Waals surface area (Å²) in [4.78, 5) is 0. The van der Waals surface area contributed by atoms with E-state index in [1.165, 1.54) is 171 Å². The normalized spacial score (nSPS) is 15.3. The Bertz CT molecular complexity index is 5060. The van der Waals surface area contributed by atoms with Gasteiger partial charge in [0.15, 0.2) is 0 Å². The van der Waals surface area contributed by atoms with E-state index in [0.29, 0.717) is 0 Å². The van der Waals surface area contributed by atoms with Gasteiger partial charge in [-0.05, 0) is 175 Å². The van der Waals surface area contributed by atoms with Gasteiger partial charge in [-0.2, -0.15) is 0 Å². The predicted octanol–water partition coefficient (Wildman–Crippen LogP) is 19.9. The molecule has 4 aliphatic rings. The van der Waals surface area contributed by atoms with E-state index < -0.39 is 5.41 Å². The summed E-state index contributed by atoms with van der Waals surface area (Å²) >= 11 is 0. The Labute approximate surface area is 516 Å². The molecule has 0 amide bonds. The van der Waals surface area contributed by atoms with Gasteiger partial charge in [-0.25, -0.2) is 0 Å². The fourth-order valence-corrected chi connectivity index (χ4v) is 16.5. The minimum absolute atomic E-state index is 0.0383. The predicted molar refractivity (Wildman–Crippen MR) is 376 cm³/mol. The first-order valence-corrected chi connectivity index (χ1v) is 32.4. The summed E-state index contributed by atoms with van der Waals surface area (Å²) in [5, 5.41) is 8.03. The third-order valence-electron chi connectivity index (χ3n) is 21.5. The number of nitrogens with zero attached hydrogens (tertiary/aromatic N) is 3. The molecule has 0 atom stereocenters. The van der Waals surface area contributed by atoms with Crippen LogP contribution in [-0.2, 0) is 43.3 Å². The molecular weight excluding hydrogens is 1050 g/mol. The molecule has 1 aliphatic carbocycles. The fourth-order valence-electron chi connectivity index (χ4n) is 16.5. The van der Waals surface area contributed by atoms with Gasteiger partial charge in [0.05, 0.1) is 33.0 Å². The van der Waals surface area contributed by atoms with E-state index in [1.54, 1.807) is 0 Å². The van der Waals surface area contributed by atoms with Crippen LogP contribution < -0.4 is 16.4 Å². The Kier molecular flexibility index (Phi) is 10.4. The van der Waals surface area contributed by atoms with Gasteiger partial charge in [0.25, 0.3) is 6.71 Å². The van der Waals surface area contributed by atoms with Crippen molar-refractivity contribution in [3.8, 4) is 28.2 Å². The summed E-state index contributed by atoms with van der Waals surface area (Å²) in [5.41, 5.74) is 32.6. The van der Waals surface area contributed by atoms with Crippen molar-refractivity contribution in [1.29, 1.82) is 0 Å². The van der Waals surface area contributed by atoms with E-state index in [9.17, 15) is 0 Å². The summed E-state index contributed by atoms with van der Waals surface area (Å²) in [5.74, 6) is 0. The molecule has 0 unspecified atom stereocenters. The van der Waals surface area contributed by atoms with Crippen LogP contribution in [0.4, 0.5) is 0 Å². The Hall–Kier alpha value is -7.56. The number of fused-ring (bicyclic) bond motifs is 18. The molecule has 6 heterocycles. The van der Waals surface area contributed by atoms with Crippen molar-refractivity contribution in [3.63, 3.8) is 0 Å². The smallest absolute Gasteiger partial charge is 0.252 e. The lowest BCUT2D eigenvalue weighted by molar-refractivity contribution is 0.583. The SMILES string of the molecule is CC(C)(C)c1cccc(-n2c3cc(C(C)(C)C)ccc3c3c4c5ccc(C(C)(C)C)cc5n5c4c(cc32)B2c3c-5ccc4c3-n3c5c2cc(C(C)(C)C)cc5c2cc(C(C)(C)C)cc(c23)C42c3cc(C(C)(C)C)ccc3-c3ccc(C(C)(C)C)cc32)c1. The van der Waals surface area contributed by atoms with Crippen LogP contribution in [0.15, 0.2) is 140 Å². The number of aromatic nitrogens is 3. The van der Waals surface area contributed by atoms with Gasteiger partial charge in [0.1, 0.15) is 0 Å². The Morgan fingerprint density at radius 1 is 0.310 bits per heavy atom. The highest BCUT2D eigenvalue weighted by molar-refractivity contribution is 7.00. The summed E-state index contributed by atoms with van der Waals surface area (Å²) in [7, 11) is 0. The maximum atomic E-state index is 2.83. The molecule has 436 valence electrons. The maximum absolute atomic E-state index is 2.83. The molecule has 0 radical (unpaired) electrons. The first kappa shape index (κ1) is 54.8. The van der Waals surface area contributed by atoms with Gasteiger partial charge in [-0.3, -0.25) is 0 Å². The molecule has 16 rings (SSSR count). The standard InChI is InChI=1S/C83H86BN3/c1-76(2,3)45-23-22-24-52(35-45)85-66-42-48(79(10,11)12)27-31-55(66)69-68(85)44-64-75-70(69)56-32-28-49(80(13,14)15)43-67(56)86(75)65-34-33-59-74-71(65)84(64)63-41-51(82(19,20)21)37-58-57-36-50(81(16,17)18)40-62(72(57)87(74)73(58)63)83(59)60-38-46(77(4,5)6)25-29-53(60)54-30-26-47(39-61(54)83)78(7,8)9/h22-44H,1-21H3. The molecule has 4 heteroatoms. The van der Waals surface area contributed by atoms with Crippen molar-refractivity contribution >= 4 is 88.5 Å². The lowest BCUT2D eigenvalue weighted by atomic mass is 9.33. The lowest BCUT2D eigenvalue weighted by Gasteiger charge is -2.45. The molecule has 9 aromatic carbocycles. The molecular formula is C83H86BN3. The highest BCUT2D eigenvalue weighted by atomic mass is 15.1. The Morgan fingerprint density at radius 2 is 0.770 bits per heavy atom. The maximum Gasteiger partial charge on any atom is 0.252 e. The van der Waals surface area contributed by atoms with Crippen molar-refractivity contribution in [1.82, 2.24) is 13.7 Å². The van der Waals surface area contributed by atoms with Crippen molar-refractivity contribution in [2.45, 2.75) is 189 Å². The lowest BCUT2D eigenvalue weighted by Crippen LogP contribution is -2.60. The highest BCUT2D eigenvalue weighted by Crippen LogP contribution is 2.63. The number of hydrogen-bond acceptors (Lipinski definition) is 0. The van der Waals surface area contributed by atoms with Crippen LogP contribution in [0.25, 0.3) is 93.6 Å². The first-order chi connectivity index (χ1) is 40.6. The molecule has 0 saturated heterocycles. The molecule has 0 N–H and O–H groups in total. The molecule has 0 saturated carbocycles. The zero-order chi connectivity index (χ0) is 61.5. The van der Waals surface area contributed by atoms with Gasteiger partial charge >= 0.3 is 0 Å². The monoisotopic (exact) mass is 1140 g/mol. The van der Waals surface area contributed by atoms with Gasteiger partial charge < -0.3 is 13.7 Å². The molecule has 12 aromatic rings. The van der Waals surface area contributed by atoms with Gasteiger partial charge in [-0.1, -0.05) is 236 Å². The van der Waals surface area contributed by atoms with Crippen LogP contribution in [0.3, 0.4) is 0 Å². The minimum Gasteiger partial charge on any atom is -0.310 e. The van der Waals surface area contributed by atoms with Crippen LogP contribution in [0.5, 0.6) is 0 Å². The topological polar surface area (TPSA) is 14.8 Å². The van der Waals surface area contributed by atoms with E-state index >= 15 is 0 Å². The van der Waals surface area contributed by atoms with Crippen LogP contribution in [-0.4, -0.2) is 20.4 Å². The Morgan fingerprint density at radius 3 is 1.32 bits per heavy atom. The number of rotatable bonds is 1. The van der Waals surface area contributed by atoms with Crippen molar-refractivity contribution in [2.75, 3.05) is 0 Å². The molecule has 0 bridgehead atoms. The molecule has 0 fully saturated rings. The molecule has 87 heavy (non-hydrogen) atoms. The highest BCUT2D eigenvalue weighted by Gasteiger charge is 2.55. The van der Waals surface area contributed by atoms with Crippen molar-refractivity contribution in [2.24, 2.45) is 0 Å². The second kappa shape index (κ2) is 16.6. The fraction of sp³-hybridized carbons (Fsp3) is 0.349. The van der Waals surface area contributed by atoms with E-state index in [4.69, 9.17) is 0 Å². The average molecular weight is 1140 g/mol. The van der Waals surface area contributed by atoms with E-state index in [-0.39, 0.29) is 44.6 Å². The second-order valence-electron chi connectivity index (χ2n) is 34.3. The van der Waals surface area contributed by atoms with Gasteiger partial charge in [-0.15, -0.1) is 0 Å². The van der Waals surface area contributed by atoms with Gasteiger partial charge in [0.2, 0.25) is 0 Å². The van der Waals surface area contributed by atoms with Crippen molar-refractivity contribution < 1.29 is 0 Å². The minimum atomic E-state index is -0.649. The zero-order valence-electron chi connectivity index (χ0n) is 55.7. The van der Waals surface area contributed by atoms with Crippen LogP contribution in [0, 0.1) is 0 Å². The van der Waals surface area contributed by atoms with Crippen LogP contribution in [0.1, 0.15) is 207 Å². The molecule has 3 nitrogen and oxygen atoms in total. The summed E-state index contributed by atoms with van der Waals surface area (Å²) in [6, 6.07) is 58.0. The number of hydrogen-bond donors (Lipinski definition) is 0.